The molecule has 1 fully saturated rings. The molecule has 0 bridgehead atoms. The van der Waals surface area contributed by atoms with Gasteiger partial charge in [-0.05, 0) is 17.4 Å². The van der Waals surface area contributed by atoms with Gasteiger partial charge in [0.15, 0.2) is 0 Å². The van der Waals surface area contributed by atoms with Gasteiger partial charge in [0.2, 0.25) is 11.8 Å². The van der Waals surface area contributed by atoms with Crippen LogP contribution in [0.1, 0.15) is 23.5 Å². The van der Waals surface area contributed by atoms with Gasteiger partial charge in [-0.15, -0.1) is 11.3 Å². The number of thioether (sulfide) groups is 1. The lowest BCUT2D eigenvalue weighted by Crippen LogP contribution is -2.51. The maximum absolute atomic E-state index is 12.3. The van der Waals surface area contributed by atoms with Crippen molar-refractivity contribution in [1.29, 1.82) is 0 Å². The quantitative estimate of drug-likeness (QED) is 0.756. The van der Waals surface area contributed by atoms with Crippen LogP contribution in [0.2, 0.25) is 0 Å². The van der Waals surface area contributed by atoms with E-state index in [1.807, 2.05) is 13.8 Å². The van der Waals surface area contributed by atoms with Gasteiger partial charge in [-0.3, -0.25) is 24.1 Å². The number of hydrogen-bond donors (Lipinski definition) is 2. The van der Waals surface area contributed by atoms with E-state index in [4.69, 9.17) is 0 Å². The molecule has 7 nitrogen and oxygen atoms in total. The molecule has 0 aliphatic carbocycles. The summed E-state index contributed by atoms with van der Waals surface area (Å²) >= 11 is 2.26. The van der Waals surface area contributed by atoms with E-state index in [9.17, 15) is 19.2 Å². The third kappa shape index (κ3) is 4.57. The summed E-state index contributed by atoms with van der Waals surface area (Å²) in [4.78, 5) is 49.1. The molecule has 9 heteroatoms. The van der Waals surface area contributed by atoms with E-state index in [1.165, 1.54) is 11.3 Å². The van der Waals surface area contributed by atoms with Crippen LogP contribution in [0.3, 0.4) is 0 Å². The van der Waals surface area contributed by atoms with E-state index in [0.717, 1.165) is 16.7 Å². The second-order valence-electron chi connectivity index (χ2n) is 5.56. The van der Waals surface area contributed by atoms with Crippen LogP contribution in [-0.2, 0) is 9.59 Å². The van der Waals surface area contributed by atoms with Crippen molar-refractivity contribution in [3.05, 3.63) is 22.4 Å². The maximum Gasteiger partial charge on any atom is 0.288 e. The molecule has 1 unspecified atom stereocenters. The first-order chi connectivity index (χ1) is 11.4. The van der Waals surface area contributed by atoms with Crippen molar-refractivity contribution in [2.45, 2.75) is 19.9 Å². The van der Waals surface area contributed by atoms with Crippen molar-refractivity contribution in [3.63, 3.8) is 0 Å². The van der Waals surface area contributed by atoms with Gasteiger partial charge < -0.3 is 10.6 Å². The number of carbonyl (C=O) groups is 4. The minimum Gasteiger partial charge on any atom is -0.353 e. The molecule has 0 radical (unpaired) electrons. The summed E-state index contributed by atoms with van der Waals surface area (Å²) in [7, 11) is 0. The fourth-order valence-electron chi connectivity index (χ4n) is 2.15. The molecule has 1 aromatic heterocycles. The summed E-state index contributed by atoms with van der Waals surface area (Å²) in [6, 6.07) is 2.78. The molecule has 1 aliphatic heterocycles. The van der Waals surface area contributed by atoms with Gasteiger partial charge in [-0.25, -0.2) is 0 Å². The van der Waals surface area contributed by atoms with Crippen LogP contribution in [0.15, 0.2) is 17.5 Å². The van der Waals surface area contributed by atoms with Crippen molar-refractivity contribution < 1.29 is 19.2 Å². The van der Waals surface area contributed by atoms with Crippen LogP contribution < -0.4 is 10.6 Å². The van der Waals surface area contributed by atoms with Gasteiger partial charge in [0, 0.05) is 13.1 Å². The summed E-state index contributed by atoms with van der Waals surface area (Å²) < 4.78 is 0. The van der Waals surface area contributed by atoms with E-state index in [1.54, 1.807) is 17.5 Å². The Labute approximate surface area is 148 Å². The normalized spacial score (nSPS) is 15.7. The Morgan fingerprint density at radius 1 is 1.33 bits per heavy atom. The molecular formula is C15H19N3O4S2. The molecule has 0 saturated carbocycles. The molecule has 24 heavy (non-hydrogen) atoms. The maximum atomic E-state index is 12.3. The first kappa shape index (κ1) is 18.5. The first-order valence-corrected chi connectivity index (χ1v) is 9.36. The summed E-state index contributed by atoms with van der Waals surface area (Å²) in [5.74, 6) is -0.815. The SMILES string of the molecule is CC(C)C(NC(=O)c1cccs1)C(=O)NCCN1C(=O)CSC1=O. The highest BCUT2D eigenvalue weighted by molar-refractivity contribution is 8.14. The summed E-state index contributed by atoms with van der Waals surface area (Å²) in [5.41, 5.74) is 0. The van der Waals surface area contributed by atoms with Crippen molar-refractivity contribution >= 4 is 46.1 Å². The third-order valence-corrected chi connectivity index (χ3v) is 5.18. The molecule has 2 rings (SSSR count). The zero-order valence-electron chi connectivity index (χ0n) is 13.4. The van der Waals surface area contributed by atoms with Gasteiger partial charge in [0.25, 0.3) is 11.1 Å². The van der Waals surface area contributed by atoms with E-state index in [2.05, 4.69) is 10.6 Å². The minimum absolute atomic E-state index is 0.0977. The molecule has 1 saturated heterocycles. The zero-order chi connectivity index (χ0) is 17.7. The molecule has 130 valence electrons. The average Bonchev–Trinajstić information content (AvgIpc) is 3.17. The van der Waals surface area contributed by atoms with Gasteiger partial charge in [-0.2, -0.15) is 0 Å². The fraction of sp³-hybridized carbons (Fsp3) is 0.467. The largest absolute Gasteiger partial charge is 0.353 e. The second kappa shape index (κ2) is 8.29. The lowest BCUT2D eigenvalue weighted by Gasteiger charge is -2.22. The van der Waals surface area contributed by atoms with E-state index in [-0.39, 0.29) is 47.7 Å². The molecule has 4 amide bonds. The van der Waals surface area contributed by atoms with Gasteiger partial charge in [0.1, 0.15) is 6.04 Å². The van der Waals surface area contributed by atoms with Crippen molar-refractivity contribution in [2.75, 3.05) is 18.8 Å². The number of rotatable bonds is 7. The Morgan fingerprint density at radius 3 is 2.62 bits per heavy atom. The van der Waals surface area contributed by atoms with Crippen LogP contribution in [-0.4, -0.2) is 52.7 Å². The highest BCUT2D eigenvalue weighted by atomic mass is 32.2. The summed E-state index contributed by atoms with van der Waals surface area (Å²) in [6.45, 7) is 3.97. The predicted octanol–water partition coefficient (Wildman–Crippen LogP) is 1.31. The third-order valence-electron chi connectivity index (χ3n) is 3.46. The Morgan fingerprint density at radius 2 is 2.08 bits per heavy atom. The monoisotopic (exact) mass is 369 g/mol. The van der Waals surface area contributed by atoms with Gasteiger partial charge in [0.05, 0.1) is 10.6 Å². The smallest absolute Gasteiger partial charge is 0.288 e. The number of carbonyl (C=O) groups excluding carboxylic acids is 4. The van der Waals surface area contributed by atoms with Crippen LogP contribution in [0.5, 0.6) is 0 Å². The molecular weight excluding hydrogens is 350 g/mol. The van der Waals surface area contributed by atoms with E-state index in [0.29, 0.717) is 4.88 Å². The number of nitrogens with zero attached hydrogens (tertiary/aromatic N) is 1. The highest BCUT2D eigenvalue weighted by Crippen LogP contribution is 2.17. The summed E-state index contributed by atoms with van der Waals surface area (Å²) in [5, 5.41) is 6.90. The Balaban J connectivity index is 1.86. The lowest BCUT2D eigenvalue weighted by atomic mass is 10.0. The molecule has 0 aromatic carbocycles. The Kier molecular flexibility index (Phi) is 6.38. The topological polar surface area (TPSA) is 95.6 Å². The van der Waals surface area contributed by atoms with Gasteiger partial charge in [-0.1, -0.05) is 31.7 Å². The standard InChI is InChI=1S/C15H19N3O4S2/c1-9(2)12(17-13(20)10-4-3-7-23-10)14(21)16-5-6-18-11(19)8-24-15(18)22/h3-4,7,9,12H,5-6,8H2,1-2H3,(H,16,21)(H,17,20). The molecule has 2 N–H and O–H groups in total. The average molecular weight is 369 g/mol. The van der Waals surface area contributed by atoms with Crippen LogP contribution in [0.4, 0.5) is 4.79 Å². The lowest BCUT2D eigenvalue weighted by molar-refractivity contribution is -0.126. The summed E-state index contributed by atoms with van der Waals surface area (Å²) in [6.07, 6.45) is 0. The van der Waals surface area contributed by atoms with Crippen LogP contribution in [0.25, 0.3) is 0 Å². The molecule has 0 spiro atoms. The number of amides is 4. The minimum atomic E-state index is -0.682. The van der Waals surface area contributed by atoms with E-state index >= 15 is 0 Å². The van der Waals surface area contributed by atoms with Crippen molar-refractivity contribution in [3.8, 4) is 0 Å². The predicted molar refractivity (Wildman–Crippen MR) is 93.0 cm³/mol. The molecule has 1 aliphatic rings. The number of nitrogens with one attached hydrogen (secondary N) is 2. The van der Waals surface area contributed by atoms with Crippen LogP contribution >= 0.6 is 23.1 Å². The number of imide groups is 1. The van der Waals surface area contributed by atoms with Crippen molar-refractivity contribution in [1.82, 2.24) is 15.5 Å². The van der Waals surface area contributed by atoms with Crippen LogP contribution in [0, 0.1) is 5.92 Å². The number of hydrogen-bond acceptors (Lipinski definition) is 6. The van der Waals surface area contributed by atoms with Crippen molar-refractivity contribution in [2.24, 2.45) is 5.92 Å². The zero-order valence-corrected chi connectivity index (χ0v) is 15.0. The molecule has 1 atom stereocenters. The van der Waals surface area contributed by atoms with E-state index < -0.39 is 6.04 Å². The Bertz CT molecular complexity index is 615. The molecule has 1 aromatic rings. The Hall–Kier alpha value is -1.87. The number of thiophene rings is 1. The highest BCUT2D eigenvalue weighted by Gasteiger charge is 2.30. The van der Waals surface area contributed by atoms with Gasteiger partial charge >= 0.3 is 0 Å². The molecule has 2 heterocycles. The first-order valence-electron chi connectivity index (χ1n) is 7.49. The fourth-order valence-corrected chi connectivity index (χ4v) is 3.53. The second-order valence-corrected chi connectivity index (χ2v) is 7.44.